The first-order chi connectivity index (χ1) is 14.3. The third-order valence-electron chi connectivity index (χ3n) is 6.02. The van der Waals surface area contributed by atoms with Gasteiger partial charge in [0.05, 0.1) is 16.8 Å². The molecular weight excluding hydrogens is 399 g/mol. The second kappa shape index (κ2) is 8.67. The molecule has 10 heteroatoms. The highest BCUT2D eigenvalue weighted by molar-refractivity contribution is 6.61. The average Bonchev–Trinajstić information content (AvgIpc) is 3.30. The van der Waals surface area contributed by atoms with Crippen LogP contribution in [-0.2, 0) is 9.31 Å². The zero-order chi connectivity index (χ0) is 23.0. The molecule has 0 amide bonds. The lowest BCUT2D eigenvalue weighted by molar-refractivity contribution is -0.127. The Hall–Kier alpha value is -1.72. The molecule has 172 valence electrons. The number of nitrogens with one attached hydrogen (secondary N) is 1. The highest BCUT2D eigenvalue weighted by Gasteiger charge is 2.52. The van der Waals surface area contributed by atoms with E-state index in [1.165, 1.54) is 13.8 Å². The number of fused-ring (bicyclic) bond motifs is 1. The Morgan fingerprint density at radius 2 is 1.81 bits per heavy atom. The molecule has 2 fully saturated rings. The number of hydrogen-bond acceptors (Lipinski definition) is 8. The van der Waals surface area contributed by atoms with Crippen LogP contribution in [0.5, 0.6) is 0 Å². The van der Waals surface area contributed by atoms with Crippen LogP contribution in [0.3, 0.4) is 0 Å². The predicted octanol–water partition coefficient (Wildman–Crippen LogP) is 1.31. The van der Waals surface area contributed by atoms with Crippen LogP contribution < -0.4 is 10.9 Å². The van der Waals surface area contributed by atoms with Crippen LogP contribution in [0.4, 0.5) is 5.82 Å². The summed E-state index contributed by atoms with van der Waals surface area (Å²) in [6.45, 7) is 11.0. The summed E-state index contributed by atoms with van der Waals surface area (Å²) in [5.74, 6) is -0.205. The van der Waals surface area contributed by atoms with Gasteiger partial charge in [-0.3, -0.25) is 0 Å². The molecule has 0 spiro atoms. The molecule has 0 radical (unpaired) electrons. The molecule has 2 atom stereocenters. The normalized spacial score (nSPS) is 24.9. The third kappa shape index (κ3) is 5.75. The standard InChI is InChI=1S/C18H27BN4O3.C3H8O2/c1-17(2)18(3,4)26-19(25-17)14-10-16-20-8-7-15(23(16)22-14)21-13-6-5-12(9-13)11-24;1-3(2,4)5/h7-8,10,12-13,21,24H,5-6,9,11H2,1-4H3;4-5H,1-2H3. The first kappa shape index (κ1) is 23.9. The molecule has 31 heavy (non-hydrogen) atoms. The Bertz CT molecular complexity index is 874. The van der Waals surface area contributed by atoms with Gasteiger partial charge in [-0.2, -0.15) is 9.61 Å². The number of anilines is 1. The van der Waals surface area contributed by atoms with Crippen LogP contribution >= 0.6 is 0 Å². The van der Waals surface area contributed by atoms with Crippen LogP contribution in [0, 0.1) is 5.92 Å². The molecule has 2 unspecified atom stereocenters. The van der Waals surface area contributed by atoms with E-state index in [9.17, 15) is 5.11 Å². The molecule has 1 aliphatic carbocycles. The lowest BCUT2D eigenvalue weighted by Crippen LogP contribution is -2.41. The van der Waals surface area contributed by atoms with Gasteiger partial charge in [-0.1, -0.05) is 0 Å². The Balaban J connectivity index is 0.000000491. The molecule has 3 heterocycles. The molecule has 0 bridgehead atoms. The SMILES string of the molecule is CC(C)(O)O.CC1(C)OB(c2cc3nccc(NC4CCC(CO)C4)n3n2)OC1(C)C. The Kier molecular flexibility index (Phi) is 6.69. The van der Waals surface area contributed by atoms with Gasteiger partial charge in [-0.25, -0.2) is 4.98 Å². The summed E-state index contributed by atoms with van der Waals surface area (Å²) < 4.78 is 14.0. The lowest BCUT2D eigenvalue weighted by atomic mass is 9.85. The van der Waals surface area contributed by atoms with Gasteiger partial charge >= 0.3 is 7.12 Å². The second-order valence-corrected chi connectivity index (χ2v) is 9.95. The van der Waals surface area contributed by atoms with E-state index in [2.05, 4.69) is 10.3 Å². The van der Waals surface area contributed by atoms with Gasteiger partial charge in [0.1, 0.15) is 5.82 Å². The molecule has 2 aromatic rings. The van der Waals surface area contributed by atoms with E-state index < -0.39 is 24.1 Å². The number of aliphatic hydroxyl groups is 3. The van der Waals surface area contributed by atoms with E-state index in [1.54, 1.807) is 6.20 Å². The van der Waals surface area contributed by atoms with Gasteiger partial charge in [0, 0.05) is 24.9 Å². The highest BCUT2D eigenvalue weighted by Crippen LogP contribution is 2.36. The fourth-order valence-electron chi connectivity index (χ4n) is 3.68. The van der Waals surface area contributed by atoms with Crippen molar-refractivity contribution in [1.82, 2.24) is 14.6 Å². The lowest BCUT2D eigenvalue weighted by Gasteiger charge is -2.32. The maximum atomic E-state index is 9.35. The molecule has 2 aromatic heterocycles. The Morgan fingerprint density at radius 3 is 2.35 bits per heavy atom. The summed E-state index contributed by atoms with van der Waals surface area (Å²) in [5, 5.41) is 33.8. The zero-order valence-corrected chi connectivity index (χ0v) is 19.3. The Labute approximate surface area is 183 Å². The van der Waals surface area contributed by atoms with Gasteiger partial charge in [-0.05, 0) is 72.8 Å². The van der Waals surface area contributed by atoms with Crippen molar-refractivity contribution in [3.63, 3.8) is 0 Å². The van der Waals surface area contributed by atoms with E-state index in [0.717, 1.165) is 36.3 Å². The van der Waals surface area contributed by atoms with Crippen molar-refractivity contribution >= 4 is 24.2 Å². The molecule has 2 aliphatic rings. The van der Waals surface area contributed by atoms with Crippen molar-refractivity contribution < 1.29 is 24.6 Å². The summed E-state index contributed by atoms with van der Waals surface area (Å²) in [6.07, 6.45) is 4.87. The van der Waals surface area contributed by atoms with Crippen molar-refractivity contribution in [2.24, 2.45) is 5.92 Å². The largest absolute Gasteiger partial charge is 0.516 e. The molecule has 1 saturated carbocycles. The molecule has 9 nitrogen and oxygen atoms in total. The quantitative estimate of drug-likeness (QED) is 0.420. The first-order valence-corrected chi connectivity index (χ1v) is 10.8. The molecule has 1 saturated heterocycles. The minimum Gasteiger partial charge on any atom is -0.398 e. The van der Waals surface area contributed by atoms with Crippen molar-refractivity contribution in [1.29, 1.82) is 0 Å². The number of nitrogens with zero attached hydrogens (tertiary/aromatic N) is 3. The predicted molar refractivity (Wildman–Crippen MR) is 119 cm³/mol. The fraction of sp³-hybridized carbons (Fsp3) is 0.714. The van der Waals surface area contributed by atoms with Gasteiger partial charge in [0.15, 0.2) is 11.4 Å². The molecular formula is C21H35BN4O5. The van der Waals surface area contributed by atoms with Gasteiger partial charge in [0.2, 0.25) is 0 Å². The van der Waals surface area contributed by atoms with E-state index in [1.807, 2.05) is 44.3 Å². The second-order valence-electron chi connectivity index (χ2n) is 9.95. The van der Waals surface area contributed by atoms with Crippen LogP contribution in [0.15, 0.2) is 18.3 Å². The van der Waals surface area contributed by atoms with Crippen molar-refractivity contribution in [3.8, 4) is 0 Å². The average molecular weight is 434 g/mol. The topological polar surface area (TPSA) is 121 Å². The molecule has 4 rings (SSSR count). The van der Waals surface area contributed by atoms with E-state index in [-0.39, 0.29) is 6.61 Å². The molecule has 0 aromatic carbocycles. The summed E-state index contributed by atoms with van der Waals surface area (Å²) in [6, 6.07) is 4.20. The third-order valence-corrected chi connectivity index (χ3v) is 6.02. The van der Waals surface area contributed by atoms with Crippen LogP contribution in [0.1, 0.15) is 60.8 Å². The summed E-state index contributed by atoms with van der Waals surface area (Å²) in [5.41, 5.74) is 0.692. The minimum absolute atomic E-state index is 0.262. The smallest absolute Gasteiger partial charge is 0.398 e. The van der Waals surface area contributed by atoms with Gasteiger partial charge in [-0.15, -0.1) is 0 Å². The number of aliphatic hydroxyl groups excluding tert-OH is 1. The number of aromatic nitrogens is 3. The van der Waals surface area contributed by atoms with Gasteiger partial charge in [0.25, 0.3) is 0 Å². The first-order valence-electron chi connectivity index (χ1n) is 10.8. The molecule has 1 aliphatic heterocycles. The maximum Gasteiger partial charge on any atom is 0.516 e. The van der Waals surface area contributed by atoms with Crippen LogP contribution in [0.2, 0.25) is 0 Å². The van der Waals surface area contributed by atoms with E-state index in [0.29, 0.717) is 12.0 Å². The highest BCUT2D eigenvalue weighted by atomic mass is 16.7. The summed E-state index contributed by atoms with van der Waals surface area (Å²) >= 11 is 0. The summed E-state index contributed by atoms with van der Waals surface area (Å²) in [7, 11) is -0.500. The van der Waals surface area contributed by atoms with Crippen LogP contribution in [-0.4, -0.2) is 66.7 Å². The Morgan fingerprint density at radius 1 is 1.19 bits per heavy atom. The molecule has 4 N–H and O–H groups in total. The maximum absolute atomic E-state index is 9.35. The van der Waals surface area contributed by atoms with Crippen LogP contribution in [0.25, 0.3) is 5.65 Å². The monoisotopic (exact) mass is 434 g/mol. The minimum atomic E-state index is -1.50. The summed E-state index contributed by atoms with van der Waals surface area (Å²) in [4.78, 5) is 4.42. The van der Waals surface area contributed by atoms with Crippen molar-refractivity contribution in [3.05, 3.63) is 18.3 Å². The van der Waals surface area contributed by atoms with Gasteiger partial charge < -0.3 is 29.9 Å². The van der Waals surface area contributed by atoms with E-state index >= 15 is 0 Å². The zero-order valence-electron chi connectivity index (χ0n) is 19.3. The van der Waals surface area contributed by atoms with E-state index in [4.69, 9.17) is 24.6 Å². The number of rotatable bonds is 4. The number of hydrogen-bond donors (Lipinski definition) is 4. The van der Waals surface area contributed by atoms with Crippen molar-refractivity contribution in [2.75, 3.05) is 11.9 Å². The van der Waals surface area contributed by atoms with Crippen molar-refractivity contribution in [2.45, 2.75) is 83.8 Å². The fourth-order valence-corrected chi connectivity index (χ4v) is 3.68.